The number of fused-ring (bicyclic) bond motifs is 1. The van der Waals surface area contributed by atoms with Crippen LogP contribution in [-0.4, -0.2) is 0 Å². The molecule has 0 unspecified atom stereocenters. The second kappa shape index (κ2) is 2.80. The summed E-state index contributed by atoms with van der Waals surface area (Å²) >= 11 is 0. The minimum atomic E-state index is -1.78. The van der Waals surface area contributed by atoms with E-state index in [0.717, 1.165) is 0 Å². The highest BCUT2D eigenvalue weighted by molar-refractivity contribution is 5.70. The molecule has 0 spiro atoms. The molecular formula is C9H3F5. The minimum Gasteiger partial charge on any atom is -0.208 e. The molecule has 74 valence electrons. The van der Waals surface area contributed by atoms with E-state index in [9.17, 15) is 22.0 Å². The quantitative estimate of drug-likeness (QED) is 0.451. The van der Waals surface area contributed by atoms with Crippen molar-refractivity contribution in [3.63, 3.8) is 0 Å². The van der Waals surface area contributed by atoms with Gasteiger partial charge in [0.15, 0.2) is 23.3 Å². The average Bonchev–Trinajstić information content (AvgIpc) is 2.39. The third-order valence-electron chi connectivity index (χ3n) is 2.05. The summed E-state index contributed by atoms with van der Waals surface area (Å²) < 4.78 is 63.7. The Morgan fingerprint density at radius 2 is 1.57 bits per heavy atom. The molecule has 14 heavy (non-hydrogen) atoms. The van der Waals surface area contributed by atoms with Gasteiger partial charge in [0.2, 0.25) is 0 Å². The first-order valence-corrected chi connectivity index (χ1v) is 3.73. The molecule has 0 bridgehead atoms. The van der Waals surface area contributed by atoms with Crippen molar-refractivity contribution in [1.29, 1.82) is 0 Å². The number of hydrogen-bond acceptors (Lipinski definition) is 0. The molecule has 5 heteroatoms. The summed E-state index contributed by atoms with van der Waals surface area (Å²) in [6, 6.07) is 0.597. The van der Waals surface area contributed by atoms with Gasteiger partial charge in [0.25, 0.3) is 0 Å². The van der Waals surface area contributed by atoms with Crippen LogP contribution in [0.1, 0.15) is 11.1 Å². The largest absolute Gasteiger partial charge is 0.208 e. The van der Waals surface area contributed by atoms with Gasteiger partial charge in [-0.3, -0.25) is 0 Å². The lowest BCUT2D eigenvalue weighted by Crippen LogP contribution is -1.97. The van der Waals surface area contributed by atoms with Crippen molar-refractivity contribution in [3.8, 4) is 0 Å². The lowest BCUT2D eigenvalue weighted by atomic mass is 10.1. The van der Waals surface area contributed by atoms with Gasteiger partial charge in [-0.2, -0.15) is 0 Å². The van der Waals surface area contributed by atoms with E-state index in [1.807, 2.05) is 0 Å². The van der Waals surface area contributed by atoms with Gasteiger partial charge in [-0.25, -0.2) is 22.0 Å². The van der Waals surface area contributed by atoms with Crippen molar-refractivity contribution in [2.45, 2.75) is 6.42 Å². The number of benzene rings is 1. The summed E-state index contributed by atoms with van der Waals surface area (Å²) in [6.07, 6.45) is -0.532. The maximum atomic E-state index is 12.9. The van der Waals surface area contributed by atoms with Crippen LogP contribution in [0.2, 0.25) is 0 Å². The van der Waals surface area contributed by atoms with Gasteiger partial charge < -0.3 is 0 Å². The number of rotatable bonds is 0. The zero-order chi connectivity index (χ0) is 10.5. The van der Waals surface area contributed by atoms with Crippen LogP contribution in [0, 0.1) is 17.5 Å². The smallest absolute Gasteiger partial charge is 0.195 e. The minimum absolute atomic E-state index is 0.212. The highest BCUT2D eigenvalue weighted by Crippen LogP contribution is 2.37. The summed E-state index contributed by atoms with van der Waals surface area (Å²) in [5.74, 6) is -7.55. The fraction of sp³-hybridized carbons (Fsp3) is 0.111. The molecule has 0 fully saturated rings. The second-order valence-corrected chi connectivity index (χ2v) is 2.92. The summed E-state index contributed by atoms with van der Waals surface area (Å²) in [6.45, 7) is 0. The molecule has 0 atom stereocenters. The van der Waals surface area contributed by atoms with Crippen LogP contribution >= 0.6 is 0 Å². The third-order valence-corrected chi connectivity index (χ3v) is 2.05. The van der Waals surface area contributed by atoms with Gasteiger partial charge in [0.05, 0.1) is 5.56 Å². The molecule has 2 rings (SSSR count). The van der Waals surface area contributed by atoms with Crippen LogP contribution in [0.25, 0.3) is 5.83 Å². The Balaban J connectivity index is 2.74. The molecular weight excluding hydrogens is 203 g/mol. The van der Waals surface area contributed by atoms with Crippen LogP contribution in [0.3, 0.4) is 0 Å². The van der Waals surface area contributed by atoms with Crippen molar-refractivity contribution in [2.75, 3.05) is 0 Å². The first-order chi connectivity index (χ1) is 6.52. The molecule has 1 aliphatic rings. The maximum absolute atomic E-state index is 12.9. The van der Waals surface area contributed by atoms with E-state index in [-0.39, 0.29) is 5.56 Å². The second-order valence-electron chi connectivity index (χ2n) is 2.92. The molecule has 0 N–H and O–H groups in total. The topological polar surface area (TPSA) is 0 Å². The molecule has 0 nitrogen and oxygen atoms in total. The Morgan fingerprint density at radius 1 is 0.929 bits per heavy atom. The Morgan fingerprint density at radius 3 is 2.21 bits per heavy atom. The van der Waals surface area contributed by atoms with Gasteiger partial charge >= 0.3 is 0 Å². The molecule has 0 radical (unpaired) electrons. The van der Waals surface area contributed by atoms with E-state index >= 15 is 0 Å². The Hall–Kier alpha value is -1.39. The molecule has 0 heterocycles. The number of allylic oxidation sites excluding steroid dienone is 1. The van der Waals surface area contributed by atoms with Gasteiger partial charge in [0.1, 0.15) is 5.83 Å². The van der Waals surface area contributed by atoms with Crippen molar-refractivity contribution >= 4 is 5.83 Å². The molecule has 0 saturated carbocycles. The first-order valence-electron chi connectivity index (χ1n) is 3.73. The van der Waals surface area contributed by atoms with E-state index < -0.39 is 41.1 Å². The monoisotopic (exact) mass is 206 g/mol. The molecule has 1 aliphatic carbocycles. The standard InChI is InChI=1S/C9H3F5/c10-4-1-3-2-5(11)8(13)9(14)6(3)7(4)12/h2H,1H2. The third kappa shape index (κ3) is 1.05. The SMILES string of the molecule is FC1=C(F)c2c(cc(F)c(F)c2F)C1. The molecule has 0 amide bonds. The summed E-state index contributed by atoms with van der Waals surface area (Å²) in [7, 11) is 0. The highest BCUT2D eigenvalue weighted by atomic mass is 19.2. The predicted octanol–water partition coefficient (Wildman–Crippen LogP) is 3.27. The normalized spacial score (nSPS) is 14.9. The number of hydrogen-bond donors (Lipinski definition) is 0. The van der Waals surface area contributed by atoms with E-state index in [1.165, 1.54) is 0 Å². The average molecular weight is 206 g/mol. The van der Waals surface area contributed by atoms with Crippen molar-refractivity contribution < 1.29 is 22.0 Å². The molecule has 0 aliphatic heterocycles. The maximum Gasteiger partial charge on any atom is 0.195 e. The van der Waals surface area contributed by atoms with E-state index in [4.69, 9.17) is 0 Å². The van der Waals surface area contributed by atoms with Gasteiger partial charge in [-0.05, 0) is 11.6 Å². The van der Waals surface area contributed by atoms with E-state index in [2.05, 4.69) is 0 Å². The Labute approximate surface area is 75.7 Å². The summed E-state index contributed by atoms with van der Waals surface area (Å²) in [4.78, 5) is 0. The van der Waals surface area contributed by atoms with E-state index in [0.29, 0.717) is 6.07 Å². The summed E-state index contributed by atoms with van der Waals surface area (Å²) in [5, 5.41) is 0. The summed E-state index contributed by atoms with van der Waals surface area (Å²) in [5.41, 5.74) is -1.02. The molecule has 1 aromatic carbocycles. The zero-order valence-corrected chi connectivity index (χ0v) is 6.67. The van der Waals surface area contributed by atoms with Crippen LogP contribution in [-0.2, 0) is 6.42 Å². The van der Waals surface area contributed by atoms with Crippen molar-refractivity contribution in [1.82, 2.24) is 0 Å². The zero-order valence-electron chi connectivity index (χ0n) is 6.67. The number of halogens is 5. The Bertz CT molecular complexity index is 447. The van der Waals surface area contributed by atoms with Crippen LogP contribution in [0.5, 0.6) is 0 Å². The van der Waals surface area contributed by atoms with Gasteiger partial charge in [-0.15, -0.1) is 0 Å². The van der Waals surface area contributed by atoms with Gasteiger partial charge in [-0.1, -0.05) is 0 Å². The van der Waals surface area contributed by atoms with Gasteiger partial charge in [0, 0.05) is 6.42 Å². The highest BCUT2D eigenvalue weighted by Gasteiger charge is 2.29. The van der Waals surface area contributed by atoms with Crippen molar-refractivity contribution in [3.05, 3.63) is 40.5 Å². The molecule has 0 aromatic heterocycles. The fourth-order valence-corrected chi connectivity index (χ4v) is 1.40. The predicted molar refractivity (Wildman–Crippen MR) is 39.2 cm³/mol. The van der Waals surface area contributed by atoms with Crippen LogP contribution < -0.4 is 0 Å². The fourth-order valence-electron chi connectivity index (χ4n) is 1.40. The van der Waals surface area contributed by atoms with Crippen molar-refractivity contribution in [2.24, 2.45) is 0 Å². The Kier molecular flexibility index (Phi) is 1.83. The van der Waals surface area contributed by atoms with E-state index in [1.54, 1.807) is 0 Å². The van der Waals surface area contributed by atoms with Crippen LogP contribution in [0.15, 0.2) is 11.9 Å². The lowest BCUT2D eigenvalue weighted by Gasteiger charge is -2.02. The van der Waals surface area contributed by atoms with Crippen LogP contribution in [0.4, 0.5) is 22.0 Å². The lowest BCUT2D eigenvalue weighted by molar-refractivity contribution is 0.443. The molecule has 0 saturated heterocycles. The first kappa shape index (κ1) is 9.18. The molecule has 1 aromatic rings.